The van der Waals surface area contributed by atoms with Crippen LogP contribution in [0.3, 0.4) is 0 Å². The van der Waals surface area contributed by atoms with Crippen LogP contribution < -0.4 is 10.6 Å². The highest BCUT2D eigenvalue weighted by atomic mass is 35.5. The van der Waals surface area contributed by atoms with Crippen LogP contribution in [0.2, 0.25) is 10.0 Å². The number of benzene rings is 1. The van der Waals surface area contributed by atoms with Gasteiger partial charge in [0.05, 0.1) is 21.3 Å². The standard InChI is InChI=1S/C10H8Cl2N2O3S/c1-4(15)13-10(18)14-7-3-5(9(16)17)2-6(11)8(7)12/h2-3H,1H3,(H,16,17)(H2,13,14,15,18). The average molecular weight is 307 g/mol. The summed E-state index contributed by atoms with van der Waals surface area (Å²) in [6.45, 7) is 1.29. The molecule has 0 heterocycles. The number of thiocarbonyl (C=S) groups is 1. The summed E-state index contributed by atoms with van der Waals surface area (Å²) in [5.41, 5.74) is 0.165. The second-order valence-corrected chi connectivity index (χ2v) is 4.45. The molecule has 3 N–H and O–H groups in total. The largest absolute Gasteiger partial charge is 0.478 e. The lowest BCUT2D eigenvalue weighted by molar-refractivity contribution is -0.117. The van der Waals surface area contributed by atoms with Crippen molar-refractivity contribution in [3.8, 4) is 0 Å². The fraction of sp³-hybridized carbons (Fsp3) is 0.100. The molecule has 5 nitrogen and oxygen atoms in total. The van der Waals surface area contributed by atoms with Gasteiger partial charge < -0.3 is 15.7 Å². The van der Waals surface area contributed by atoms with Gasteiger partial charge in [0.15, 0.2) is 5.11 Å². The highest BCUT2D eigenvalue weighted by Gasteiger charge is 2.13. The molecule has 0 aromatic heterocycles. The molecule has 1 rings (SSSR count). The summed E-state index contributed by atoms with van der Waals surface area (Å²) in [7, 11) is 0. The zero-order chi connectivity index (χ0) is 13.9. The van der Waals surface area contributed by atoms with Crippen LogP contribution in [0.25, 0.3) is 0 Å². The summed E-state index contributed by atoms with van der Waals surface area (Å²) in [5, 5.41) is 14.0. The lowest BCUT2D eigenvalue weighted by Gasteiger charge is -2.11. The van der Waals surface area contributed by atoms with E-state index in [-0.39, 0.29) is 32.3 Å². The maximum atomic E-state index is 10.8. The molecular weight excluding hydrogens is 299 g/mol. The van der Waals surface area contributed by atoms with Gasteiger partial charge in [-0.15, -0.1) is 0 Å². The number of hydrogen-bond acceptors (Lipinski definition) is 3. The Hall–Kier alpha value is -1.37. The number of halogens is 2. The van der Waals surface area contributed by atoms with E-state index in [9.17, 15) is 9.59 Å². The van der Waals surface area contributed by atoms with Gasteiger partial charge in [-0.25, -0.2) is 4.79 Å². The van der Waals surface area contributed by atoms with Crippen LogP contribution in [0.5, 0.6) is 0 Å². The Bertz CT molecular complexity index is 534. The lowest BCUT2D eigenvalue weighted by atomic mass is 10.2. The second kappa shape index (κ2) is 5.99. The van der Waals surface area contributed by atoms with E-state index in [1.54, 1.807) is 0 Å². The number of nitrogens with one attached hydrogen (secondary N) is 2. The number of hydrogen-bond donors (Lipinski definition) is 3. The molecule has 0 unspecified atom stereocenters. The molecule has 0 aliphatic rings. The minimum absolute atomic E-state index is 0.00278. The molecule has 0 atom stereocenters. The number of carboxylic acid groups (broad SMARTS) is 1. The number of amides is 1. The van der Waals surface area contributed by atoms with E-state index in [1.807, 2.05) is 0 Å². The number of rotatable bonds is 2. The SMILES string of the molecule is CC(=O)NC(=S)Nc1cc(C(=O)O)cc(Cl)c1Cl. The minimum atomic E-state index is -1.15. The fourth-order valence-electron chi connectivity index (χ4n) is 1.12. The maximum Gasteiger partial charge on any atom is 0.335 e. The van der Waals surface area contributed by atoms with E-state index in [4.69, 9.17) is 40.5 Å². The van der Waals surface area contributed by atoms with Gasteiger partial charge in [0.25, 0.3) is 0 Å². The first-order valence-electron chi connectivity index (χ1n) is 4.62. The Kier molecular flexibility index (Phi) is 4.89. The van der Waals surface area contributed by atoms with Gasteiger partial charge in [-0.1, -0.05) is 23.2 Å². The van der Waals surface area contributed by atoms with Crippen molar-refractivity contribution in [2.24, 2.45) is 0 Å². The van der Waals surface area contributed by atoms with E-state index in [0.29, 0.717) is 0 Å². The van der Waals surface area contributed by atoms with Gasteiger partial charge in [-0.2, -0.15) is 0 Å². The maximum absolute atomic E-state index is 10.8. The smallest absolute Gasteiger partial charge is 0.335 e. The van der Waals surface area contributed by atoms with Crippen molar-refractivity contribution in [3.63, 3.8) is 0 Å². The van der Waals surface area contributed by atoms with Crippen LogP contribution >= 0.6 is 35.4 Å². The quantitative estimate of drug-likeness (QED) is 0.732. The van der Waals surface area contributed by atoms with Gasteiger partial charge in [0.1, 0.15) is 0 Å². The minimum Gasteiger partial charge on any atom is -0.478 e. The van der Waals surface area contributed by atoms with Crippen LogP contribution in [-0.2, 0) is 4.79 Å². The summed E-state index contributed by atoms with van der Waals surface area (Å²) in [4.78, 5) is 21.6. The Balaban J connectivity index is 3.04. The first-order valence-corrected chi connectivity index (χ1v) is 5.78. The van der Waals surface area contributed by atoms with Crippen LogP contribution in [0, 0.1) is 0 Å². The second-order valence-electron chi connectivity index (χ2n) is 3.26. The number of carbonyl (C=O) groups excluding carboxylic acids is 1. The van der Waals surface area contributed by atoms with Crippen molar-refractivity contribution in [2.45, 2.75) is 6.92 Å². The highest BCUT2D eigenvalue weighted by Crippen LogP contribution is 2.31. The average Bonchev–Trinajstić information content (AvgIpc) is 2.22. The van der Waals surface area contributed by atoms with Crippen molar-refractivity contribution >= 4 is 58.1 Å². The molecule has 0 aliphatic heterocycles. The lowest BCUT2D eigenvalue weighted by Crippen LogP contribution is -2.32. The van der Waals surface area contributed by atoms with Crippen LogP contribution in [0.15, 0.2) is 12.1 Å². The van der Waals surface area contributed by atoms with E-state index >= 15 is 0 Å². The molecule has 1 aromatic rings. The Morgan fingerprint density at radius 1 is 1.33 bits per heavy atom. The molecule has 8 heteroatoms. The van der Waals surface area contributed by atoms with Crippen LogP contribution in [0.4, 0.5) is 5.69 Å². The molecule has 0 saturated carbocycles. The molecule has 0 radical (unpaired) electrons. The fourth-order valence-corrected chi connectivity index (χ4v) is 1.75. The molecule has 0 aliphatic carbocycles. The van der Waals surface area contributed by atoms with E-state index in [2.05, 4.69) is 10.6 Å². The normalized spacial score (nSPS) is 9.72. The summed E-state index contributed by atoms with van der Waals surface area (Å²) in [5.74, 6) is -1.51. The molecule has 96 valence electrons. The molecule has 0 saturated heterocycles. The molecule has 0 fully saturated rings. The van der Waals surface area contributed by atoms with E-state index in [1.165, 1.54) is 19.1 Å². The Morgan fingerprint density at radius 2 is 1.94 bits per heavy atom. The predicted molar refractivity (Wildman–Crippen MR) is 73.5 cm³/mol. The first kappa shape index (κ1) is 14.7. The van der Waals surface area contributed by atoms with Gasteiger partial charge in [-0.3, -0.25) is 4.79 Å². The Morgan fingerprint density at radius 3 is 2.44 bits per heavy atom. The van der Waals surface area contributed by atoms with Crippen LogP contribution in [0.1, 0.15) is 17.3 Å². The van der Waals surface area contributed by atoms with Gasteiger partial charge in [-0.05, 0) is 24.4 Å². The van der Waals surface area contributed by atoms with Gasteiger partial charge in [0, 0.05) is 6.92 Å². The predicted octanol–water partition coefficient (Wildman–Crippen LogP) is 2.52. The summed E-state index contributed by atoms with van der Waals surface area (Å²) >= 11 is 16.5. The van der Waals surface area contributed by atoms with Crippen molar-refractivity contribution in [2.75, 3.05) is 5.32 Å². The van der Waals surface area contributed by atoms with Crippen molar-refractivity contribution in [1.82, 2.24) is 5.32 Å². The topological polar surface area (TPSA) is 78.4 Å². The van der Waals surface area contributed by atoms with E-state index < -0.39 is 5.97 Å². The zero-order valence-electron chi connectivity index (χ0n) is 9.08. The zero-order valence-corrected chi connectivity index (χ0v) is 11.4. The number of anilines is 1. The van der Waals surface area contributed by atoms with Crippen LogP contribution in [-0.4, -0.2) is 22.1 Å². The monoisotopic (exact) mass is 306 g/mol. The highest BCUT2D eigenvalue weighted by molar-refractivity contribution is 7.80. The molecule has 18 heavy (non-hydrogen) atoms. The third kappa shape index (κ3) is 3.83. The Labute approximate surface area is 118 Å². The van der Waals surface area contributed by atoms with Crippen molar-refractivity contribution in [3.05, 3.63) is 27.7 Å². The molecular formula is C10H8Cl2N2O3S. The van der Waals surface area contributed by atoms with Crippen molar-refractivity contribution in [1.29, 1.82) is 0 Å². The molecule has 0 bridgehead atoms. The van der Waals surface area contributed by atoms with Crippen molar-refractivity contribution < 1.29 is 14.7 Å². The molecule has 0 spiro atoms. The summed E-state index contributed by atoms with van der Waals surface area (Å²) in [6, 6.07) is 2.49. The molecule has 1 amide bonds. The third-order valence-electron chi connectivity index (χ3n) is 1.81. The third-order valence-corrected chi connectivity index (χ3v) is 2.82. The number of carboxylic acids is 1. The summed E-state index contributed by atoms with van der Waals surface area (Å²) in [6.07, 6.45) is 0. The van der Waals surface area contributed by atoms with Gasteiger partial charge in [0.2, 0.25) is 5.91 Å². The number of aromatic carboxylic acids is 1. The molecule has 1 aromatic carbocycles. The number of carbonyl (C=O) groups is 2. The van der Waals surface area contributed by atoms with Gasteiger partial charge >= 0.3 is 5.97 Å². The van der Waals surface area contributed by atoms with E-state index in [0.717, 1.165) is 0 Å². The summed E-state index contributed by atoms with van der Waals surface area (Å²) < 4.78 is 0. The first-order chi connectivity index (χ1) is 8.31.